The fourth-order valence-corrected chi connectivity index (χ4v) is 2.86. The maximum atomic E-state index is 13.3. The molecule has 1 unspecified atom stereocenters. The SMILES string of the molecule is CC(C)(C)CC(N)CCN1CCc2ccc(F)cc21. The van der Waals surface area contributed by atoms with E-state index in [4.69, 9.17) is 5.73 Å². The van der Waals surface area contributed by atoms with Crippen LogP contribution in [0, 0.1) is 11.2 Å². The standard InChI is InChI=1S/C16H25FN2/c1-16(2,3)11-14(18)7-9-19-8-6-12-4-5-13(17)10-15(12)19/h4-5,10,14H,6-9,11,18H2,1-3H3. The van der Waals surface area contributed by atoms with Crippen molar-refractivity contribution >= 4 is 5.69 Å². The first-order valence-corrected chi connectivity index (χ1v) is 7.14. The normalized spacial score (nSPS) is 16.6. The summed E-state index contributed by atoms with van der Waals surface area (Å²) in [4.78, 5) is 2.26. The molecule has 1 aromatic rings. The zero-order valence-electron chi connectivity index (χ0n) is 12.2. The second kappa shape index (κ2) is 5.49. The zero-order valence-corrected chi connectivity index (χ0v) is 12.2. The second-order valence-electron chi connectivity index (χ2n) is 6.82. The Kier molecular flexibility index (Phi) is 4.14. The van der Waals surface area contributed by atoms with Gasteiger partial charge in [0.25, 0.3) is 0 Å². The van der Waals surface area contributed by atoms with Crippen molar-refractivity contribution in [2.75, 3.05) is 18.0 Å². The van der Waals surface area contributed by atoms with Crippen molar-refractivity contribution in [2.24, 2.45) is 11.1 Å². The smallest absolute Gasteiger partial charge is 0.125 e. The van der Waals surface area contributed by atoms with Gasteiger partial charge in [0.2, 0.25) is 0 Å². The molecule has 0 saturated heterocycles. The van der Waals surface area contributed by atoms with Crippen LogP contribution in [0.3, 0.4) is 0 Å². The number of rotatable bonds is 4. The lowest BCUT2D eigenvalue weighted by atomic mass is 9.87. The molecule has 1 heterocycles. The van der Waals surface area contributed by atoms with Gasteiger partial charge in [-0.15, -0.1) is 0 Å². The number of nitrogens with two attached hydrogens (primary N) is 1. The van der Waals surface area contributed by atoms with Crippen molar-refractivity contribution in [1.29, 1.82) is 0 Å². The monoisotopic (exact) mass is 264 g/mol. The summed E-state index contributed by atoms with van der Waals surface area (Å²) in [5.74, 6) is -0.148. The van der Waals surface area contributed by atoms with Crippen LogP contribution in [0.2, 0.25) is 0 Å². The predicted molar refractivity (Wildman–Crippen MR) is 79.0 cm³/mol. The van der Waals surface area contributed by atoms with Gasteiger partial charge in [-0.2, -0.15) is 0 Å². The minimum atomic E-state index is -0.148. The Morgan fingerprint density at radius 3 is 2.79 bits per heavy atom. The largest absolute Gasteiger partial charge is 0.371 e. The Morgan fingerprint density at radius 1 is 1.37 bits per heavy atom. The number of halogens is 1. The van der Waals surface area contributed by atoms with E-state index in [1.165, 1.54) is 5.56 Å². The number of anilines is 1. The minimum absolute atomic E-state index is 0.148. The predicted octanol–water partition coefficient (Wildman–Crippen LogP) is 3.34. The number of hydrogen-bond acceptors (Lipinski definition) is 2. The second-order valence-corrected chi connectivity index (χ2v) is 6.82. The molecule has 0 bridgehead atoms. The molecule has 2 N–H and O–H groups in total. The zero-order chi connectivity index (χ0) is 14.0. The number of fused-ring (bicyclic) bond motifs is 1. The van der Waals surface area contributed by atoms with E-state index in [9.17, 15) is 4.39 Å². The third-order valence-corrected chi connectivity index (χ3v) is 3.68. The topological polar surface area (TPSA) is 29.3 Å². The third kappa shape index (κ3) is 3.93. The molecule has 0 fully saturated rings. The van der Waals surface area contributed by atoms with Gasteiger partial charge < -0.3 is 10.6 Å². The molecule has 1 aliphatic heterocycles. The van der Waals surface area contributed by atoms with E-state index in [-0.39, 0.29) is 17.3 Å². The van der Waals surface area contributed by atoms with Crippen molar-refractivity contribution in [3.05, 3.63) is 29.6 Å². The highest BCUT2D eigenvalue weighted by atomic mass is 19.1. The summed E-state index contributed by atoms with van der Waals surface area (Å²) in [5.41, 5.74) is 8.77. The van der Waals surface area contributed by atoms with Crippen LogP contribution in [-0.2, 0) is 6.42 Å². The van der Waals surface area contributed by atoms with Crippen LogP contribution in [0.15, 0.2) is 18.2 Å². The third-order valence-electron chi connectivity index (χ3n) is 3.68. The van der Waals surface area contributed by atoms with Gasteiger partial charge in [0.1, 0.15) is 5.82 Å². The highest BCUT2D eigenvalue weighted by molar-refractivity contribution is 5.58. The van der Waals surface area contributed by atoms with Crippen molar-refractivity contribution in [1.82, 2.24) is 0 Å². The summed E-state index contributed by atoms with van der Waals surface area (Å²) in [7, 11) is 0. The molecule has 19 heavy (non-hydrogen) atoms. The molecule has 0 aliphatic carbocycles. The van der Waals surface area contributed by atoms with Crippen LogP contribution < -0.4 is 10.6 Å². The van der Waals surface area contributed by atoms with Gasteiger partial charge in [-0.1, -0.05) is 26.8 Å². The average molecular weight is 264 g/mol. The molecule has 2 nitrogen and oxygen atoms in total. The van der Waals surface area contributed by atoms with Gasteiger partial charge in [-0.25, -0.2) is 4.39 Å². The summed E-state index contributed by atoms with van der Waals surface area (Å²) in [6, 6.07) is 5.32. The van der Waals surface area contributed by atoms with Crippen LogP contribution in [0.1, 0.15) is 39.2 Å². The Labute approximate surface area is 115 Å². The number of hydrogen-bond donors (Lipinski definition) is 1. The molecule has 106 valence electrons. The van der Waals surface area contributed by atoms with Gasteiger partial charge in [0.05, 0.1) is 0 Å². The lowest BCUT2D eigenvalue weighted by Gasteiger charge is -2.26. The van der Waals surface area contributed by atoms with E-state index in [1.54, 1.807) is 12.1 Å². The maximum absolute atomic E-state index is 13.3. The summed E-state index contributed by atoms with van der Waals surface area (Å²) >= 11 is 0. The quantitative estimate of drug-likeness (QED) is 0.903. The van der Waals surface area contributed by atoms with Gasteiger partial charge in [0.15, 0.2) is 0 Å². The van der Waals surface area contributed by atoms with Gasteiger partial charge in [-0.05, 0) is 42.4 Å². The Hall–Kier alpha value is -1.09. The summed E-state index contributed by atoms with van der Waals surface area (Å²) < 4.78 is 13.3. The first-order valence-electron chi connectivity index (χ1n) is 7.14. The molecular formula is C16H25FN2. The van der Waals surface area contributed by atoms with Gasteiger partial charge in [0, 0.05) is 24.8 Å². The summed E-state index contributed by atoms with van der Waals surface area (Å²) in [5, 5.41) is 0. The lowest BCUT2D eigenvalue weighted by Crippen LogP contribution is -2.32. The van der Waals surface area contributed by atoms with Crippen LogP contribution in [0.4, 0.5) is 10.1 Å². The Bertz CT molecular complexity index is 437. The van der Waals surface area contributed by atoms with E-state index < -0.39 is 0 Å². The molecular weight excluding hydrogens is 239 g/mol. The molecule has 1 aromatic carbocycles. The van der Waals surface area contributed by atoms with Gasteiger partial charge in [-0.3, -0.25) is 0 Å². The van der Waals surface area contributed by atoms with Crippen molar-refractivity contribution < 1.29 is 4.39 Å². The van der Waals surface area contributed by atoms with Crippen LogP contribution in [0.25, 0.3) is 0 Å². The van der Waals surface area contributed by atoms with Crippen LogP contribution in [0.5, 0.6) is 0 Å². The van der Waals surface area contributed by atoms with E-state index in [1.807, 2.05) is 6.07 Å². The Morgan fingerprint density at radius 2 is 2.11 bits per heavy atom. The summed E-state index contributed by atoms with van der Waals surface area (Å²) in [6.45, 7) is 8.56. The molecule has 0 saturated carbocycles. The van der Waals surface area contributed by atoms with Crippen LogP contribution >= 0.6 is 0 Å². The fraction of sp³-hybridized carbons (Fsp3) is 0.625. The van der Waals surface area contributed by atoms with E-state index in [0.717, 1.165) is 38.0 Å². The molecule has 0 amide bonds. The highest BCUT2D eigenvalue weighted by Crippen LogP contribution is 2.29. The Balaban J connectivity index is 1.91. The molecule has 0 radical (unpaired) electrons. The molecule has 3 heteroatoms. The molecule has 0 aromatic heterocycles. The average Bonchev–Trinajstić information content (AvgIpc) is 2.66. The maximum Gasteiger partial charge on any atom is 0.125 e. The molecule has 2 rings (SSSR count). The van der Waals surface area contributed by atoms with Crippen molar-refractivity contribution in [2.45, 2.75) is 46.1 Å². The first kappa shape index (κ1) is 14.3. The summed E-state index contributed by atoms with van der Waals surface area (Å²) in [6.07, 6.45) is 3.01. The molecule has 1 aliphatic rings. The van der Waals surface area contributed by atoms with E-state index in [0.29, 0.717) is 0 Å². The van der Waals surface area contributed by atoms with E-state index in [2.05, 4.69) is 25.7 Å². The number of nitrogens with zero attached hydrogens (tertiary/aromatic N) is 1. The van der Waals surface area contributed by atoms with Gasteiger partial charge >= 0.3 is 0 Å². The van der Waals surface area contributed by atoms with Crippen LogP contribution in [-0.4, -0.2) is 19.1 Å². The lowest BCUT2D eigenvalue weighted by molar-refractivity contribution is 0.332. The minimum Gasteiger partial charge on any atom is -0.371 e. The molecule has 0 spiro atoms. The van der Waals surface area contributed by atoms with E-state index >= 15 is 0 Å². The van der Waals surface area contributed by atoms with Crippen molar-refractivity contribution in [3.63, 3.8) is 0 Å². The molecule has 1 atom stereocenters. The van der Waals surface area contributed by atoms with Crippen molar-refractivity contribution in [3.8, 4) is 0 Å². The number of benzene rings is 1. The highest BCUT2D eigenvalue weighted by Gasteiger charge is 2.21. The fourth-order valence-electron chi connectivity index (χ4n) is 2.86. The first-order chi connectivity index (χ1) is 8.85.